The highest BCUT2D eigenvalue weighted by Gasteiger charge is 2.47. The Morgan fingerprint density at radius 1 is 1.00 bits per heavy atom. The molecule has 5 heteroatoms. The first kappa shape index (κ1) is 9.88. The molecule has 0 aromatic heterocycles. The Morgan fingerprint density at radius 3 is 2.00 bits per heavy atom. The van der Waals surface area contributed by atoms with Gasteiger partial charge in [0.2, 0.25) is 0 Å². The minimum atomic E-state index is -1.45. The second kappa shape index (κ2) is 2.93. The Kier molecular flexibility index (Phi) is 2.42. The van der Waals surface area contributed by atoms with Crippen molar-refractivity contribution in [1.82, 2.24) is 0 Å². The molecule has 0 aliphatic carbocycles. The van der Waals surface area contributed by atoms with E-state index >= 15 is 0 Å². The van der Waals surface area contributed by atoms with Crippen LogP contribution >= 0.6 is 0 Å². The highest BCUT2D eigenvalue weighted by atomic mass is 16.6. The third-order valence-corrected chi connectivity index (χ3v) is 2.10. The molecule has 0 saturated carbocycles. The summed E-state index contributed by atoms with van der Waals surface area (Å²) in [5, 5.41) is 36.7. The van der Waals surface area contributed by atoms with E-state index in [1.165, 1.54) is 13.8 Å². The Hall–Kier alpha value is -0.200. The van der Waals surface area contributed by atoms with Crippen molar-refractivity contribution >= 4 is 0 Å². The number of hydrogen-bond donors (Lipinski definition) is 4. The molecule has 4 N–H and O–H groups in total. The maximum Gasteiger partial charge on any atom is 0.184 e. The van der Waals surface area contributed by atoms with Crippen LogP contribution in [0.4, 0.5) is 0 Å². The van der Waals surface area contributed by atoms with Crippen molar-refractivity contribution in [2.75, 3.05) is 0 Å². The summed E-state index contributed by atoms with van der Waals surface area (Å²) in [7, 11) is 0. The summed E-state index contributed by atoms with van der Waals surface area (Å²) in [6.07, 6.45) is -5.47. The lowest BCUT2D eigenvalue weighted by atomic mass is 9.90. The molecule has 0 aromatic rings. The first-order chi connectivity index (χ1) is 5.36. The molecule has 0 bridgehead atoms. The van der Waals surface area contributed by atoms with Gasteiger partial charge in [-0.3, -0.25) is 0 Å². The smallest absolute Gasteiger partial charge is 0.184 e. The highest BCUT2D eigenvalue weighted by Crippen LogP contribution is 2.27. The lowest BCUT2D eigenvalue weighted by molar-refractivity contribution is -0.310. The number of rotatable bonds is 0. The maximum atomic E-state index is 9.35. The predicted octanol–water partition coefficient (Wildman–Crippen LogP) is -1.80. The quantitative estimate of drug-likeness (QED) is 0.351. The van der Waals surface area contributed by atoms with Crippen LogP contribution in [0.15, 0.2) is 0 Å². The van der Waals surface area contributed by atoms with Crippen molar-refractivity contribution in [3.8, 4) is 0 Å². The molecule has 1 fully saturated rings. The fraction of sp³-hybridized carbons (Fsp3) is 1.00. The number of hydrogen-bond acceptors (Lipinski definition) is 5. The van der Waals surface area contributed by atoms with Crippen molar-refractivity contribution in [2.24, 2.45) is 0 Å². The molecule has 4 atom stereocenters. The Bertz CT molecular complexity index is 169. The summed E-state index contributed by atoms with van der Waals surface area (Å²) in [6.45, 7) is 3.05. The van der Waals surface area contributed by atoms with Gasteiger partial charge in [0, 0.05) is 0 Å². The third kappa shape index (κ3) is 1.46. The number of aliphatic hydroxyl groups excluding tert-OH is 4. The van der Waals surface area contributed by atoms with Gasteiger partial charge in [-0.05, 0) is 13.8 Å². The predicted molar refractivity (Wildman–Crippen MR) is 39.2 cm³/mol. The van der Waals surface area contributed by atoms with Gasteiger partial charge in [-0.15, -0.1) is 0 Å². The van der Waals surface area contributed by atoms with E-state index in [9.17, 15) is 10.2 Å². The summed E-state index contributed by atoms with van der Waals surface area (Å²) in [6, 6.07) is 0. The van der Waals surface area contributed by atoms with E-state index in [0.29, 0.717) is 0 Å². The Balaban J connectivity index is 2.78. The molecule has 0 amide bonds. The molecule has 1 heterocycles. The van der Waals surface area contributed by atoms with Crippen LogP contribution in [0.2, 0.25) is 0 Å². The SMILES string of the molecule is CC1(C)OC(O)[C@H](O)[C@H](O)[C@@H]1O. The molecule has 1 unspecified atom stereocenters. The molecular formula is C7H14O5. The molecular weight excluding hydrogens is 164 g/mol. The molecule has 72 valence electrons. The first-order valence-electron chi connectivity index (χ1n) is 3.76. The van der Waals surface area contributed by atoms with E-state index in [1.807, 2.05) is 0 Å². The third-order valence-electron chi connectivity index (χ3n) is 2.10. The molecule has 1 aliphatic heterocycles. The van der Waals surface area contributed by atoms with Crippen LogP contribution in [0.5, 0.6) is 0 Å². The maximum absolute atomic E-state index is 9.35. The van der Waals surface area contributed by atoms with Gasteiger partial charge < -0.3 is 25.2 Å². The molecule has 1 rings (SSSR count). The van der Waals surface area contributed by atoms with Crippen LogP contribution in [-0.4, -0.2) is 50.6 Å². The zero-order chi connectivity index (χ0) is 9.52. The highest BCUT2D eigenvalue weighted by molar-refractivity contribution is 4.94. The monoisotopic (exact) mass is 178 g/mol. The van der Waals surface area contributed by atoms with Crippen molar-refractivity contribution < 1.29 is 25.2 Å². The van der Waals surface area contributed by atoms with Crippen LogP contribution in [-0.2, 0) is 4.74 Å². The average Bonchev–Trinajstić information content (AvgIpc) is 1.97. The van der Waals surface area contributed by atoms with Gasteiger partial charge in [-0.2, -0.15) is 0 Å². The van der Waals surface area contributed by atoms with E-state index in [-0.39, 0.29) is 0 Å². The molecule has 0 radical (unpaired) electrons. The van der Waals surface area contributed by atoms with Gasteiger partial charge in [0.25, 0.3) is 0 Å². The lowest BCUT2D eigenvalue weighted by Crippen LogP contribution is -2.61. The van der Waals surface area contributed by atoms with Gasteiger partial charge in [0.1, 0.15) is 18.3 Å². The number of ether oxygens (including phenoxy) is 1. The van der Waals surface area contributed by atoms with Crippen molar-refractivity contribution in [2.45, 2.75) is 44.1 Å². The molecule has 1 aliphatic rings. The second-order valence-electron chi connectivity index (χ2n) is 3.54. The van der Waals surface area contributed by atoms with Crippen molar-refractivity contribution in [3.63, 3.8) is 0 Å². The van der Waals surface area contributed by atoms with Crippen LogP contribution in [0.3, 0.4) is 0 Å². The van der Waals surface area contributed by atoms with Gasteiger partial charge in [0.15, 0.2) is 6.29 Å². The van der Waals surface area contributed by atoms with E-state index < -0.39 is 30.2 Å². The molecule has 5 nitrogen and oxygen atoms in total. The van der Waals surface area contributed by atoms with Gasteiger partial charge in [-0.25, -0.2) is 0 Å². The van der Waals surface area contributed by atoms with Gasteiger partial charge >= 0.3 is 0 Å². The van der Waals surface area contributed by atoms with Gasteiger partial charge in [0.05, 0.1) is 5.60 Å². The van der Waals surface area contributed by atoms with E-state index in [0.717, 1.165) is 0 Å². The molecule has 12 heavy (non-hydrogen) atoms. The van der Waals surface area contributed by atoms with E-state index in [1.54, 1.807) is 0 Å². The zero-order valence-corrected chi connectivity index (χ0v) is 7.01. The largest absolute Gasteiger partial charge is 0.387 e. The van der Waals surface area contributed by atoms with Crippen LogP contribution < -0.4 is 0 Å². The average molecular weight is 178 g/mol. The fourth-order valence-electron chi connectivity index (χ4n) is 1.22. The fourth-order valence-corrected chi connectivity index (χ4v) is 1.22. The molecule has 1 saturated heterocycles. The lowest BCUT2D eigenvalue weighted by Gasteiger charge is -2.43. The number of aliphatic hydroxyl groups is 4. The molecule has 0 aromatic carbocycles. The van der Waals surface area contributed by atoms with Crippen LogP contribution in [0.25, 0.3) is 0 Å². The Labute approximate surface area is 70.2 Å². The zero-order valence-electron chi connectivity index (χ0n) is 7.01. The topological polar surface area (TPSA) is 90.2 Å². The summed E-state index contributed by atoms with van der Waals surface area (Å²) in [5.74, 6) is 0. The standard InChI is InChI=1S/C7H14O5/c1-7(2)5(10)3(8)4(9)6(11)12-7/h3-6,8-11H,1-2H3/t3-,4+,5-,6?/m0/s1. The minimum Gasteiger partial charge on any atom is -0.387 e. The second-order valence-corrected chi connectivity index (χ2v) is 3.54. The van der Waals surface area contributed by atoms with Crippen molar-refractivity contribution in [3.05, 3.63) is 0 Å². The van der Waals surface area contributed by atoms with Crippen LogP contribution in [0.1, 0.15) is 13.8 Å². The van der Waals surface area contributed by atoms with E-state index in [4.69, 9.17) is 14.9 Å². The van der Waals surface area contributed by atoms with Gasteiger partial charge in [-0.1, -0.05) is 0 Å². The van der Waals surface area contributed by atoms with Crippen molar-refractivity contribution in [1.29, 1.82) is 0 Å². The summed E-state index contributed by atoms with van der Waals surface area (Å²) >= 11 is 0. The normalized spacial score (nSPS) is 47.5. The van der Waals surface area contributed by atoms with E-state index in [2.05, 4.69) is 0 Å². The molecule has 0 spiro atoms. The van der Waals surface area contributed by atoms with Crippen LogP contribution in [0, 0.1) is 0 Å². The first-order valence-corrected chi connectivity index (χ1v) is 3.76. The minimum absolute atomic E-state index is 1.04. The summed E-state index contributed by atoms with van der Waals surface area (Å²) in [5.41, 5.74) is -1.04. The summed E-state index contributed by atoms with van der Waals surface area (Å²) in [4.78, 5) is 0. The summed E-state index contributed by atoms with van der Waals surface area (Å²) < 4.78 is 4.86. The Morgan fingerprint density at radius 2 is 1.50 bits per heavy atom.